The second kappa shape index (κ2) is 9.41. The number of esters is 1. The molecule has 0 amide bonds. The van der Waals surface area contributed by atoms with Crippen molar-refractivity contribution in [2.24, 2.45) is 0 Å². The molecular formula is C16H17F2NO4. The highest BCUT2D eigenvalue weighted by Gasteiger charge is 2.17. The van der Waals surface area contributed by atoms with E-state index in [2.05, 4.69) is 4.74 Å². The molecule has 124 valence electrons. The molecule has 0 aliphatic carbocycles. The van der Waals surface area contributed by atoms with Crippen LogP contribution in [0.5, 0.6) is 11.5 Å². The highest BCUT2D eigenvalue weighted by atomic mass is 19.3. The Balaban J connectivity index is 3.12. The van der Waals surface area contributed by atoms with Gasteiger partial charge in [0, 0.05) is 5.56 Å². The summed E-state index contributed by atoms with van der Waals surface area (Å²) in [5.74, 6) is -0.999. The highest BCUT2D eigenvalue weighted by molar-refractivity contribution is 5.98. The SMILES string of the molecule is CCCCOC(=O)C(C#N)=Cc1cccc(OC)c1OC(F)F. The fourth-order valence-electron chi connectivity index (χ4n) is 1.70. The van der Waals surface area contributed by atoms with Gasteiger partial charge >= 0.3 is 12.6 Å². The molecule has 1 aromatic carbocycles. The Morgan fingerprint density at radius 3 is 2.74 bits per heavy atom. The van der Waals surface area contributed by atoms with Crippen LogP contribution in [0.3, 0.4) is 0 Å². The molecule has 0 spiro atoms. The Morgan fingerprint density at radius 1 is 1.43 bits per heavy atom. The Hall–Kier alpha value is -2.62. The van der Waals surface area contributed by atoms with Crippen LogP contribution in [0.2, 0.25) is 0 Å². The number of halogens is 2. The molecule has 0 N–H and O–H groups in total. The number of methoxy groups -OCH3 is 1. The van der Waals surface area contributed by atoms with Gasteiger partial charge < -0.3 is 14.2 Å². The van der Waals surface area contributed by atoms with Crippen LogP contribution in [-0.2, 0) is 9.53 Å². The van der Waals surface area contributed by atoms with Gasteiger partial charge in [0.1, 0.15) is 11.6 Å². The van der Waals surface area contributed by atoms with Crippen LogP contribution in [0.25, 0.3) is 6.08 Å². The van der Waals surface area contributed by atoms with Crippen LogP contribution < -0.4 is 9.47 Å². The van der Waals surface area contributed by atoms with Gasteiger partial charge in [0.2, 0.25) is 0 Å². The largest absolute Gasteiger partial charge is 0.493 e. The molecule has 0 aliphatic heterocycles. The van der Waals surface area contributed by atoms with Crippen LogP contribution >= 0.6 is 0 Å². The smallest absolute Gasteiger partial charge is 0.387 e. The quantitative estimate of drug-likeness (QED) is 0.316. The molecule has 0 saturated heterocycles. The lowest BCUT2D eigenvalue weighted by atomic mass is 10.1. The van der Waals surface area contributed by atoms with E-state index >= 15 is 0 Å². The minimum Gasteiger partial charge on any atom is -0.493 e. The van der Waals surface area contributed by atoms with Gasteiger partial charge in [-0.15, -0.1) is 0 Å². The number of carbonyl (C=O) groups is 1. The first-order valence-corrected chi connectivity index (χ1v) is 6.94. The number of unbranched alkanes of at least 4 members (excludes halogenated alkanes) is 1. The predicted molar refractivity (Wildman–Crippen MR) is 79.1 cm³/mol. The van der Waals surface area contributed by atoms with E-state index in [-0.39, 0.29) is 29.2 Å². The molecule has 0 atom stereocenters. The molecule has 1 aromatic rings. The molecule has 23 heavy (non-hydrogen) atoms. The van der Waals surface area contributed by atoms with Crippen molar-refractivity contribution >= 4 is 12.0 Å². The third-order valence-corrected chi connectivity index (χ3v) is 2.81. The summed E-state index contributed by atoms with van der Waals surface area (Å²) in [6.45, 7) is -0.952. The van der Waals surface area contributed by atoms with Crippen LogP contribution in [0, 0.1) is 11.3 Å². The van der Waals surface area contributed by atoms with Gasteiger partial charge in [0.15, 0.2) is 11.5 Å². The molecular weight excluding hydrogens is 308 g/mol. The Morgan fingerprint density at radius 2 is 2.17 bits per heavy atom. The monoisotopic (exact) mass is 325 g/mol. The summed E-state index contributed by atoms with van der Waals surface area (Å²) in [4.78, 5) is 11.8. The van der Waals surface area contributed by atoms with Crippen molar-refractivity contribution < 1.29 is 27.8 Å². The number of carbonyl (C=O) groups excluding carboxylic acids is 1. The van der Waals surface area contributed by atoms with Crippen molar-refractivity contribution in [3.8, 4) is 17.6 Å². The lowest BCUT2D eigenvalue weighted by Crippen LogP contribution is -2.09. The molecule has 0 bridgehead atoms. The summed E-state index contributed by atoms with van der Waals surface area (Å²) in [5.41, 5.74) is -0.192. The van der Waals surface area contributed by atoms with E-state index in [1.165, 1.54) is 25.3 Å². The standard InChI is InChI=1S/C16H17F2NO4/c1-3-4-8-22-15(20)12(10-19)9-11-6-5-7-13(21-2)14(11)23-16(17)18/h5-7,9,16H,3-4,8H2,1-2H3. The van der Waals surface area contributed by atoms with Gasteiger partial charge in [-0.1, -0.05) is 25.5 Å². The second-order valence-electron chi connectivity index (χ2n) is 4.42. The Bertz CT molecular complexity index is 609. The molecule has 0 aromatic heterocycles. The van der Waals surface area contributed by atoms with Crippen LogP contribution in [-0.4, -0.2) is 26.3 Å². The van der Waals surface area contributed by atoms with Crippen molar-refractivity contribution in [2.45, 2.75) is 26.4 Å². The first-order chi connectivity index (χ1) is 11.0. The fraction of sp³-hybridized carbons (Fsp3) is 0.375. The van der Waals surface area contributed by atoms with Crippen molar-refractivity contribution in [2.75, 3.05) is 13.7 Å². The van der Waals surface area contributed by atoms with Crippen LogP contribution in [0.4, 0.5) is 8.78 Å². The first-order valence-electron chi connectivity index (χ1n) is 6.94. The van der Waals surface area contributed by atoms with Gasteiger partial charge in [0.05, 0.1) is 13.7 Å². The third-order valence-electron chi connectivity index (χ3n) is 2.81. The zero-order valence-corrected chi connectivity index (χ0v) is 12.8. The Kier molecular flexibility index (Phi) is 7.54. The predicted octanol–water partition coefficient (Wildman–Crippen LogP) is 3.55. The van der Waals surface area contributed by atoms with Gasteiger partial charge in [-0.2, -0.15) is 14.0 Å². The van der Waals surface area contributed by atoms with Crippen molar-refractivity contribution in [3.05, 3.63) is 29.3 Å². The average Bonchev–Trinajstić information content (AvgIpc) is 2.53. The van der Waals surface area contributed by atoms with Gasteiger partial charge in [-0.3, -0.25) is 0 Å². The topological polar surface area (TPSA) is 68.6 Å². The Labute approximate surface area is 133 Å². The van der Waals surface area contributed by atoms with Crippen molar-refractivity contribution in [3.63, 3.8) is 0 Å². The van der Waals surface area contributed by atoms with E-state index in [1.54, 1.807) is 6.07 Å². The maximum Gasteiger partial charge on any atom is 0.387 e. The highest BCUT2D eigenvalue weighted by Crippen LogP contribution is 2.33. The van der Waals surface area contributed by atoms with E-state index in [9.17, 15) is 13.6 Å². The second-order valence-corrected chi connectivity index (χ2v) is 4.42. The van der Waals surface area contributed by atoms with E-state index in [1.807, 2.05) is 6.92 Å². The lowest BCUT2D eigenvalue weighted by molar-refractivity contribution is -0.138. The van der Waals surface area contributed by atoms with E-state index < -0.39 is 12.6 Å². The molecule has 0 aliphatic rings. The van der Waals surface area contributed by atoms with Crippen LogP contribution in [0.15, 0.2) is 23.8 Å². The normalized spacial score (nSPS) is 11.0. The fourth-order valence-corrected chi connectivity index (χ4v) is 1.70. The summed E-state index contributed by atoms with van der Waals surface area (Å²) >= 11 is 0. The maximum absolute atomic E-state index is 12.5. The third kappa shape index (κ3) is 5.58. The number of ether oxygens (including phenoxy) is 3. The number of alkyl halides is 2. The molecule has 0 radical (unpaired) electrons. The number of benzene rings is 1. The van der Waals surface area contributed by atoms with Crippen molar-refractivity contribution in [1.82, 2.24) is 0 Å². The zero-order valence-electron chi connectivity index (χ0n) is 12.8. The minimum absolute atomic E-state index is 0.0655. The maximum atomic E-state index is 12.5. The molecule has 0 fully saturated rings. The van der Waals surface area contributed by atoms with Gasteiger partial charge in [0.25, 0.3) is 0 Å². The van der Waals surface area contributed by atoms with Crippen LogP contribution in [0.1, 0.15) is 25.3 Å². The number of rotatable bonds is 8. The molecule has 0 heterocycles. The molecule has 7 heteroatoms. The molecule has 5 nitrogen and oxygen atoms in total. The summed E-state index contributed by atoms with van der Waals surface area (Å²) in [6.07, 6.45) is 2.64. The summed E-state index contributed by atoms with van der Waals surface area (Å²) < 4.78 is 39.4. The van der Waals surface area contributed by atoms with E-state index in [4.69, 9.17) is 14.7 Å². The number of nitrogens with zero attached hydrogens (tertiary/aromatic N) is 1. The zero-order chi connectivity index (χ0) is 17.2. The molecule has 1 rings (SSSR count). The summed E-state index contributed by atoms with van der Waals surface area (Å²) in [5, 5.41) is 9.07. The van der Waals surface area contributed by atoms with E-state index in [0.29, 0.717) is 6.42 Å². The van der Waals surface area contributed by atoms with Crippen molar-refractivity contribution in [1.29, 1.82) is 5.26 Å². The number of hydrogen-bond acceptors (Lipinski definition) is 5. The summed E-state index contributed by atoms with van der Waals surface area (Å²) in [6, 6.07) is 6.08. The molecule has 0 saturated carbocycles. The lowest BCUT2D eigenvalue weighted by Gasteiger charge is -2.12. The number of nitriles is 1. The van der Waals surface area contributed by atoms with Gasteiger partial charge in [-0.25, -0.2) is 4.79 Å². The summed E-state index contributed by atoms with van der Waals surface area (Å²) in [7, 11) is 1.30. The number of para-hydroxylation sites is 1. The molecule has 0 unspecified atom stereocenters. The average molecular weight is 325 g/mol. The van der Waals surface area contributed by atoms with Gasteiger partial charge in [-0.05, 0) is 18.6 Å². The number of hydrogen-bond donors (Lipinski definition) is 0. The first kappa shape index (κ1) is 18.4. The van der Waals surface area contributed by atoms with E-state index in [0.717, 1.165) is 12.5 Å². The minimum atomic E-state index is -3.07.